The third-order valence-corrected chi connectivity index (χ3v) is 5.17. The van der Waals surface area contributed by atoms with Gasteiger partial charge < -0.3 is 10.4 Å². The van der Waals surface area contributed by atoms with Crippen molar-refractivity contribution in [2.45, 2.75) is 56.5 Å². The second-order valence-corrected chi connectivity index (χ2v) is 6.65. The van der Waals surface area contributed by atoms with E-state index in [1.54, 1.807) is 0 Å². The first-order chi connectivity index (χ1) is 9.22. The van der Waals surface area contributed by atoms with Gasteiger partial charge in [0.1, 0.15) is 0 Å². The standard InChI is InChI=1S/C16H25NOS/c1-12(14-6-3-5-13(9-14)11-18)17-15-7-4-8-16(10-15)19-2/h3,5-6,9,12,15-18H,4,7-8,10-11H2,1-2H3. The van der Waals surface area contributed by atoms with Crippen LogP contribution in [0.5, 0.6) is 0 Å². The van der Waals surface area contributed by atoms with Gasteiger partial charge in [-0.15, -0.1) is 0 Å². The molecule has 3 heteroatoms. The van der Waals surface area contributed by atoms with Crippen LogP contribution in [0.1, 0.15) is 49.8 Å². The van der Waals surface area contributed by atoms with E-state index in [4.69, 9.17) is 0 Å². The molecule has 19 heavy (non-hydrogen) atoms. The summed E-state index contributed by atoms with van der Waals surface area (Å²) in [7, 11) is 0. The Hall–Kier alpha value is -0.510. The Kier molecular flexibility index (Phi) is 5.74. The normalized spacial score (nSPS) is 25.2. The zero-order valence-corrected chi connectivity index (χ0v) is 12.7. The Bertz CT molecular complexity index is 396. The number of nitrogens with one attached hydrogen (secondary N) is 1. The highest BCUT2D eigenvalue weighted by Gasteiger charge is 2.22. The van der Waals surface area contributed by atoms with Gasteiger partial charge in [0.2, 0.25) is 0 Å². The van der Waals surface area contributed by atoms with Crippen molar-refractivity contribution in [2.75, 3.05) is 6.26 Å². The maximum absolute atomic E-state index is 9.21. The molecule has 1 saturated carbocycles. The summed E-state index contributed by atoms with van der Waals surface area (Å²) in [5.74, 6) is 0. The predicted molar refractivity (Wildman–Crippen MR) is 83.5 cm³/mol. The first-order valence-corrected chi connectivity index (χ1v) is 8.50. The molecule has 0 amide bonds. The van der Waals surface area contributed by atoms with Crippen molar-refractivity contribution in [2.24, 2.45) is 0 Å². The molecule has 0 saturated heterocycles. The van der Waals surface area contributed by atoms with Crippen molar-refractivity contribution in [1.29, 1.82) is 0 Å². The van der Waals surface area contributed by atoms with E-state index in [2.05, 4.69) is 30.6 Å². The predicted octanol–water partition coefficient (Wildman–Crippen LogP) is 3.50. The minimum Gasteiger partial charge on any atom is -0.392 e. The van der Waals surface area contributed by atoms with Crippen LogP contribution in [0.4, 0.5) is 0 Å². The summed E-state index contributed by atoms with van der Waals surface area (Å²) in [6.07, 6.45) is 7.51. The summed E-state index contributed by atoms with van der Waals surface area (Å²) in [6, 6.07) is 9.25. The molecule has 0 spiro atoms. The van der Waals surface area contributed by atoms with E-state index in [-0.39, 0.29) is 6.61 Å². The second-order valence-electron chi connectivity index (χ2n) is 5.51. The quantitative estimate of drug-likeness (QED) is 0.865. The smallest absolute Gasteiger partial charge is 0.0681 e. The fraction of sp³-hybridized carbons (Fsp3) is 0.625. The lowest BCUT2D eigenvalue weighted by Gasteiger charge is -2.31. The molecule has 2 rings (SSSR count). The third-order valence-electron chi connectivity index (χ3n) is 4.08. The summed E-state index contributed by atoms with van der Waals surface area (Å²) in [4.78, 5) is 0. The van der Waals surface area contributed by atoms with Crippen molar-refractivity contribution in [1.82, 2.24) is 5.32 Å². The Morgan fingerprint density at radius 1 is 1.42 bits per heavy atom. The van der Waals surface area contributed by atoms with Gasteiger partial charge in [-0.3, -0.25) is 0 Å². The molecule has 1 aromatic rings. The van der Waals surface area contributed by atoms with Crippen molar-refractivity contribution in [3.05, 3.63) is 35.4 Å². The molecule has 0 aliphatic heterocycles. The van der Waals surface area contributed by atoms with E-state index in [9.17, 15) is 5.11 Å². The molecule has 106 valence electrons. The molecule has 1 aliphatic carbocycles. The average Bonchev–Trinajstić information content (AvgIpc) is 2.47. The largest absolute Gasteiger partial charge is 0.392 e. The van der Waals surface area contributed by atoms with Gasteiger partial charge in [-0.25, -0.2) is 0 Å². The first kappa shape index (κ1) is 14.9. The summed E-state index contributed by atoms with van der Waals surface area (Å²) in [6.45, 7) is 2.34. The molecule has 1 aliphatic rings. The molecule has 1 aromatic carbocycles. The lowest BCUT2D eigenvalue weighted by molar-refractivity contribution is 0.281. The van der Waals surface area contributed by atoms with Gasteiger partial charge in [-0.05, 0) is 43.6 Å². The van der Waals surface area contributed by atoms with Gasteiger partial charge >= 0.3 is 0 Å². The number of thioether (sulfide) groups is 1. The summed E-state index contributed by atoms with van der Waals surface area (Å²) < 4.78 is 0. The lowest BCUT2D eigenvalue weighted by atomic mass is 9.93. The molecular formula is C16H25NOS. The highest BCUT2D eigenvalue weighted by molar-refractivity contribution is 7.99. The van der Waals surface area contributed by atoms with Gasteiger partial charge in [0, 0.05) is 17.3 Å². The number of hydrogen-bond donors (Lipinski definition) is 2. The zero-order chi connectivity index (χ0) is 13.7. The minimum atomic E-state index is 0.124. The molecule has 0 aromatic heterocycles. The maximum Gasteiger partial charge on any atom is 0.0681 e. The Labute approximate surface area is 121 Å². The van der Waals surface area contributed by atoms with Crippen LogP contribution in [0.3, 0.4) is 0 Å². The molecule has 0 bridgehead atoms. The molecule has 2 nitrogen and oxygen atoms in total. The van der Waals surface area contributed by atoms with Crippen LogP contribution < -0.4 is 5.32 Å². The second kappa shape index (κ2) is 7.32. The summed E-state index contributed by atoms with van der Waals surface area (Å²) >= 11 is 2.01. The topological polar surface area (TPSA) is 32.3 Å². The van der Waals surface area contributed by atoms with E-state index in [0.29, 0.717) is 12.1 Å². The Balaban J connectivity index is 1.94. The van der Waals surface area contributed by atoms with E-state index >= 15 is 0 Å². The Morgan fingerprint density at radius 2 is 2.26 bits per heavy atom. The molecule has 0 heterocycles. The summed E-state index contributed by atoms with van der Waals surface area (Å²) in [5, 5.41) is 13.8. The number of aliphatic hydroxyl groups is 1. The SMILES string of the molecule is CSC1CCCC(NC(C)c2cccc(CO)c2)C1. The molecular weight excluding hydrogens is 254 g/mol. The number of aliphatic hydroxyl groups excluding tert-OH is 1. The molecule has 1 fully saturated rings. The number of rotatable bonds is 5. The van der Waals surface area contributed by atoms with Crippen LogP contribution >= 0.6 is 11.8 Å². The minimum absolute atomic E-state index is 0.124. The van der Waals surface area contributed by atoms with Gasteiger partial charge in [-0.1, -0.05) is 30.7 Å². The van der Waals surface area contributed by atoms with Crippen LogP contribution in [0.15, 0.2) is 24.3 Å². The fourth-order valence-corrected chi connectivity index (χ4v) is 3.75. The molecule has 3 atom stereocenters. The lowest BCUT2D eigenvalue weighted by Crippen LogP contribution is -2.36. The van der Waals surface area contributed by atoms with Gasteiger partial charge in [0.05, 0.1) is 6.61 Å². The third kappa shape index (κ3) is 4.23. The van der Waals surface area contributed by atoms with E-state index in [1.807, 2.05) is 23.9 Å². The van der Waals surface area contributed by atoms with Crippen LogP contribution in [-0.2, 0) is 6.61 Å². The zero-order valence-electron chi connectivity index (χ0n) is 11.9. The van der Waals surface area contributed by atoms with E-state index in [1.165, 1.54) is 31.2 Å². The van der Waals surface area contributed by atoms with Crippen LogP contribution in [0, 0.1) is 0 Å². The van der Waals surface area contributed by atoms with E-state index in [0.717, 1.165) is 10.8 Å². The van der Waals surface area contributed by atoms with Crippen LogP contribution in [0.2, 0.25) is 0 Å². The highest BCUT2D eigenvalue weighted by Crippen LogP contribution is 2.28. The van der Waals surface area contributed by atoms with Gasteiger partial charge in [0.25, 0.3) is 0 Å². The monoisotopic (exact) mass is 279 g/mol. The molecule has 0 radical (unpaired) electrons. The van der Waals surface area contributed by atoms with Gasteiger partial charge in [-0.2, -0.15) is 11.8 Å². The molecule has 3 unspecified atom stereocenters. The number of benzene rings is 1. The summed E-state index contributed by atoms with van der Waals surface area (Å²) in [5.41, 5.74) is 2.27. The Morgan fingerprint density at radius 3 is 3.00 bits per heavy atom. The van der Waals surface area contributed by atoms with Crippen LogP contribution in [-0.4, -0.2) is 22.7 Å². The average molecular weight is 279 g/mol. The molecule has 2 N–H and O–H groups in total. The van der Waals surface area contributed by atoms with Gasteiger partial charge in [0.15, 0.2) is 0 Å². The fourth-order valence-electron chi connectivity index (χ4n) is 2.92. The maximum atomic E-state index is 9.21. The van der Waals surface area contributed by atoms with Crippen molar-refractivity contribution < 1.29 is 5.11 Å². The highest BCUT2D eigenvalue weighted by atomic mass is 32.2. The number of hydrogen-bond acceptors (Lipinski definition) is 3. The van der Waals surface area contributed by atoms with E-state index < -0.39 is 0 Å². The van der Waals surface area contributed by atoms with Crippen LogP contribution in [0.25, 0.3) is 0 Å². The first-order valence-electron chi connectivity index (χ1n) is 7.21. The van der Waals surface area contributed by atoms with Crippen molar-refractivity contribution >= 4 is 11.8 Å². The van der Waals surface area contributed by atoms with Crippen molar-refractivity contribution in [3.8, 4) is 0 Å². The van der Waals surface area contributed by atoms with Crippen molar-refractivity contribution in [3.63, 3.8) is 0 Å².